The third-order valence-electron chi connectivity index (χ3n) is 3.58. The minimum atomic E-state index is -0.134. The molecule has 0 aliphatic heterocycles. The smallest absolute Gasteiger partial charge is 0.150 e. The van der Waals surface area contributed by atoms with E-state index in [-0.39, 0.29) is 23.5 Å². The largest absolute Gasteiger partial charge is 0.330 e. The number of nitrogens with two attached hydrogens (primary N) is 1. The standard InChI is InChI=1S/C15H31N2O2S/c1-12(18)13(8-10-20(3)4)11-15(19)14(17-2)7-5-6-9-16/h13-14,17H,5-11,16H2,1-4H3/q+1/t13-,14+/m1/s1. The maximum atomic E-state index is 12.3. The molecule has 0 bridgehead atoms. The maximum absolute atomic E-state index is 12.3. The molecule has 4 nitrogen and oxygen atoms in total. The third kappa shape index (κ3) is 8.72. The van der Waals surface area contributed by atoms with Gasteiger partial charge in [0.25, 0.3) is 0 Å². The molecule has 0 unspecified atom stereocenters. The van der Waals surface area contributed by atoms with Crippen LogP contribution in [0.2, 0.25) is 0 Å². The Balaban J connectivity index is 4.36. The summed E-state index contributed by atoms with van der Waals surface area (Å²) in [5, 5.41) is 3.07. The Morgan fingerprint density at radius 3 is 2.30 bits per heavy atom. The van der Waals surface area contributed by atoms with Crippen molar-refractivity contribution < 1.29 is 9.59 Å². The molecule has 0 saturated heterocycles. The summed E-state index contributed by atoms with van der Waals surface area (Å²) in [5.74, 6) is 1.22. The molecular weight excluding hydrogens is 272 g/mol. The van der Waals surface area contributed by atoms with E-state index in [0.717, 1.165) is 31.4 Å². The number of hydrogen-bond acceptors (Lipinski definition) is 4. The Bertz CT molecular complexity index is 296. The molecule has 20 heavy (non-hydrogen) atoms. The highest BCUT2D eigenvalue weighted by Gasteiger charge is 2.24. The fourth-order valence-corrected chi connectivity index (χ4v) is 2.93. The van der Waals surface area contributed by atoms with Crippen LogP contribution in [-0.4, -0.2) is 49.5 Å². The minimum Gasteiger partial charge on any atom is -0.330 e. The molecule has 0 rings (SSSR count). The summed E-state index contributed by atoms with van der Waals surface area (Å²) in [6, 6.07) is -0.134. The quantitative estimate of drug-likeness (QED) is 0.419. The van der Waals surface area contributed by atoms with E-state index < -0.39 is 0 Å². The molecule has 0 aliphatic carbocycles. The number of carbonyl (C=O) groups excluding carboxylic acids is 2. The van der Waals surface area contributed by atoms with Crippen LogP contribution in [0.4, 0.5) is 0 Å². The molecule has 0 heterocycles. The summed E-state index contributed by atoms with van der Waals surface area (Å²) in [6.45, 7) is 2.26. The van der Waals surface area contributed by atoms with Crippen molar-refractivity contribution in [2.24, 2.45) is 11.7 Å². The van der Waals surface area contributed by atoms with Crippen LogP contribution in [0.15, 0.2) is 0 Å². The zero-order chi connectivity index (χ0) is 15.5. The third-order valence-corrected chi connectivity index (χ3v) is 4.63. The van der Waals surface area contributed by atoms with Crippen LogP contribution in [0.3, 0.4) is 0 Å². The number of rotatable bonds is 12. The molecule has 0 aliphatic rings. The van der Waals surface area contributed by atoms with Gasteiger partial charge in [0.05, 0.1) is 18.6 Å². The van der Waals surface area contributed by atoms with Crippen molar-refractivity contribution >= 4 is 22.5 Å². The van der Waals surface area contributed by atoms with Gasteiger partial charge in [-0.05, 0) is 44.3 Å². The summed E-state index contributed by atoms with van der Waals surface area (Å²) in [6.07, 6.45) is 8.24. The summed E-state index contributed by atoms with van der Waals surface area (Å²) in [4.78, 5) is 24.0. The first-order valence-corrected chi connectivity index (χ1v) is 9.58. The number of Topliss-reactive ketones (excluding diaryl/α,β-unsaturated/α-hetero) is 2. The fourth-order valence-electron chi connectivity index (χ4n) is 2.17. The molecular formula is C15H31N2O2S+. The van der Waals surface area contributed by atoms with Crippen LogP contribution in [0.25, 0.3) is 0 Å². The lowest BCUT2D eigenvalue weighted by Crippen LogP contribution is -2.36. The molecule has 0 spiro atoms. The normalized spacial score (nSPS) is 14.3. The van der Waals surface area contributed by atoms with E-state index in [2.05, 4.69) is 17.8 Å². The van der Waals surface area contributed by atoms with Gasteiger partial charge in [-0.15, -0.1) is 0 Å². The number of ketones is 2. The summed E-state index contributed by atoms with van der Waals surface area (Å²) < 4.78 is 0. The number of hydrogen-bond donors (Lipinski definition) is 2. The minimum absolute atomic E-state index is 0.109. The number of carbonyl (C=O) groups is 2. The predicted octanol–water partition coefficient (Wildman–Crippen LogP) is 1.14. The van der Waals surface area contributed by atoms with Crippen molar-refractivity contribution in [3.05, 3.63) is 0 Å². The van der Waals surface area contributed by atoms with Gasteiger partial charge in [0.1, 0.15) is 17.3 Å². The van der Waals surface area contributed by atoms with E-state index in [1.807, 2.05) is 7.05 Å². The molecule has 0 aromatic rings. The number of nitrogens with one attached hydrogen (secondary N) is 1. The van der Waals surface area contributed by atoms with Crippen molar-refractivity contribution in [3.8, 4) is 0 Å². The lowest BCUT2D eigenvalue weighted by atomic mass is 9.91. The van der Waals surface area contributed by atoms with Crippen LogP contribution in [0.5, 0.6) is 0 Å². The van der Waals surface area contributed by atoms with Crippen LogP contribution in [-0.2, 0) is 20.5 Å². The van der Waals surface area contributed by atoms with Gasteiger partial charge in [0, 0.05) is 18.8 Å². The first kappa shape index (κ1) is 19.6. The molecule has 2 atom stereocenters. The van der Waals surface area contributed by atoms with Crippen molar-refractivity contribution in [1.29, 1.82) is 0 Å². The molecule has 5 heteroatoms. The molecule has 0 aromatic heterocycles. The Kier molecular flexibility index (Phi) is 11.1. The average molecular weight is 303 g/mol. The Morgan fingerprint density at radius 2 is 1.85 bits per heavy atom. The lowest BCUT2D eigenvalue weighted by Gasteiger charge is -2.18. The lowest BCUT2D eigenvalue weighted by molar-refractivity contribution is -0.127. The molecule has 0 saturated carbocycles. The zero-order valence-corrected chi connectivity index (χ0v) is 14.2. The van der Waals surface area contributed by atoms with E-state index in [1.54, 1.807) is 6.92 Å². The Hall–Kier alpha value is -0.390. The Morgan fingerprint density at radius 1 is 1.20 bits per heavy atom. The van der Waals surface area contributed by atoms with E-state index in [1.165, 1.54) is 0 Å². The average Bonchev–Trinajstić information content (AvgIpc) is 2.38. The summed E-state index contributed by atoms with van der Waals surface area (Å²) in [5.41, 5.74) is 5.47. The second kappa shape index (κ2) is 11.3. The van der Waals surface area contributed by atoms with Crippen LogP contribution in [0, 0.1) is 5.92 Å². The first-order chi connectivity index (χ1) is 9.42. The second-order valence-corrected chi connectivity index (χ2v) is 7.96. The topological polar surface area (TPSA) is 72.2 Å². The van der Waals surface area contributed by atoms with Gasteiger partial charge in [0.15, 0.2) is 0 Å². The van der Waals surface area contributed by atoms with Gasteiger partial charge in [0.2, 0.25) is 0 Å². The van der Waals surface area contributed by atoms with Gasteiger partial charge in [-0.25, -0.2) is 0 Å². The van der Waals surface area contributed by atoms with Crippen LogP contribution in [0.1, 0.15) is 39.0 Å². The van der Waals surface area contributed by atoms with Crippen LogP contribution >= 0.6 is 0 Å². The highest BCUT2D eigenvalue weighted by atomic mass is 32.2. The predicted molar refractivity (Wildman–Crippen MR) is 88.2 cm³/mol. The van der Waals surface area contributed by atoms with Crippen molar-refractivity contribution in [2.45, 2.75) is 45.1 Å². The van der Waals surface area contributed by atoms with Gasteiger partial charge in [-0.2, -0.15) is 0 Å². The highest BCUT2D eigenvalue weighted by molar-refractivity contribution is 7.95. The van der Waals surface area contributed by atoms with Gasteiger partial charge >= 0.3 is 0 Å². The SMILES string of the molecule is CN[C@@H](CCCCN)C(=O)C[C@@H](CC[S+](C)C)C(C)=O. The van der Waals surface area contributed by atoms with Crippen LogP contribution < -0.4 is 11.1 Å². The van der Waals surface area contributed by atoms with Gasteiger partial charge in [-0.1, -0.05) is 6.42 Å². The second-order valence-electron chi connectivity index (χ2n) is 5.58. The molecule has 0 fully saturated rings. The summed E-state index contributed by atoms with van der Waals surface area (Å²) >= 11 is 0. The molecule has 0 amide bonds. The molecule has 118 valence electrons. The fraction of sp³-hybridized carbons (Fsp3) is 0.867. The first-order valence-electron chi connectivity index (χ1n) is 7.37. The summed E-state index contributed by atoms with van der Waals surface area (Å²) in [7, 11) is 2.13. The van der Waals surface area contributed by atoms with E-state index in [4.69, 9.17) is 5.73 Å². The number of unbranched alkanes of at least 4 members (excludes halogenated alkanes) is 1. The van der Waals surface area contributed by atoms with Crippen molar-refractivity contribution in [1.82, 2.24) is 5.32 Å². The van der Waals surface area contributed by atoms with Gasteiger partial charge < -0.3 is 11.1 Å². The van der Waals surface area contributed by atoms with E-state index >= 15 is 0 Å². The molecule has 0 radical (unpaired) electrons. The van der Waals surface area contributed by atoms with E-state index in [9.17, 15) is 9.59 Å². The Labute approximate surface area is 126 Å². The zero-order valence-electron chi connectivity index (χ0n) is 13.4. The van der Waals surface area contributed by atoms with Crippen molar-refractivity contribution in [3.63, 3.8) is 0 Å². The number of likely N-dealkylation sites (N-methyl/N-ethyl adjacent to an activating group) is 1. The van der Waals surface area contributed by atoms with E-state index in [0.29, 0.717) is 23.9 Å². The molecule has 3 N–H and O–H groups in total. The van der Waals surface area contributed by atoms with Crippen molar-refractivity contribution in [2.75, 3.05) is 31.9 Å². The van der Waals surface area contributed by atoms with Gasteiger partial charge in [-0.3, -0.25) is 9.59 Å². The highest BCUT2D eigenvalue weighted by Crippen LogP contribution is 2.15. The monoisotopic (exact) mass is 303 g/mol. The molecule has 0 aromatic carbocycles. The maximum Gasteiger partial charge on any atom is 0.150 e.